The van der Waals surface area contributed by atoms with Crippen LogP contribution < -0.4 is 10.2 Å². The number of nitrogens with one attached hydrogen (secondary N) is 1. The molecule has 21 heavy (non-hydrogen) atoms. The highest BCUT2D eigenvalue weighted by Gasteiger charge is 2.22. The molecule has 1 aliphatic rings. The van der Waals surface area contributed by atoms with Crippen LogP contribution in [-0.4, -0.2) is 24.1 Å². The lowest BCUT2D eigenvalue weighted by molar-refractivity contribution is 0.0987. The molecule has 5 heteroatoms. The molecule has 0 bridgehead atoms. The highest BCUT2D eigenvalue weighted by molar-refractivity contribution is 9.10. The number of carbonyl (C=O) groups is 1. The Kier molecular flexibility index (Phi) is 3.94. The van der Waals surface area contributed by atoms with Crippen molar-refractivity contribution in [2.24, 2.45) is 0 Å². The number of amides is 1. The zero-order valence-corrected chi connectivity index (χ0v) is 12.9. The summed E-state index contributed by atoms with van der Waals surface area (Å²) in [7, 11) is 0. The maximum Gasteiger partial charge on any atom is 0.258 e. The van der Waals surface area contributed by atoms with Gasteiger partial charge in [-0.15, -0.1) is 0 Å². The number of hydrogen-bond donors (Lipinski definition) is 2. The lowest BCUT2D eigenvalue weighted by Crippen LogP contribution is -2.34. The molecule has 1 aliphatic heterocycles. The smallest absolute Gasteiger partial charge is 0.258 e. The highest BCUT2D eigenvalue weighted by atomic mass is 79.9. The number of nitrogens with zero attached hydrogens (tertiary/aromatic N) is 1. The van der Waals surface area contributed by atoms with Crippen molar-refractivity contribution in [3.05, 3.63) is 58.1 Å². The van der Waals surface area contributed by atoms with Gasteiger partial charge in [-0.05, 0) is 45.8 Å². The topological polar surface area (TPSA) is 52.6 Å². The number of halogens is 1. The summed E-state index contributed by atoms with van der Waals surface area (Å²) in [6.07, 6.45) is 0. The van der Waals surface area contributed by atoms with E-state index in [1.807, 2.05) is 24.3 Å². The van der Waals surface area contributed by atoms with Crippen molar-refractivity contribution < 1.29 is 9.90 Å². The second kappa shape index (κ2) is 5.87. The van der Waals surface area contributed by atoms with Crippen LogP contribution in [0.25, 0.3) is 0 Å². The number of hydrogen-bond acceptors (Lipinski definition) is 3. The van der Waals surface area contributed by atoms with E-state index in [1.54, 1.807) is 17.0 Å². The summed E-state index contributed by atoms with van der Waals surface area (Å²) in [4.78, 5) is 14.5. The molecular formula is C16H15BrN2O2. The Labute approximate surface area is 131 Å². The van der Waals surface area contributed by atoms with Gasteiger partial charge in [0.25, 0.3) is 5.91 Å². The van der Waals surface area contributed by atoms with Crippen LogP contribution in [0.15, 0.2) is 46.9 Å². The fourth-order valence-corrected chi connectivity index (χ4v) is 2.72. The third-order valence-electron chi connectivity index (χ3n) is 3.55. The molecule has 2 N–H and O–H groups in total. The first-order chi connectivity index (χ1) is 10.2. The first-order valence-corrected chi connectivity index (χ1v) is 7.55. The number of benzene rings is 2. The van der Waals surface area contributed by atoms with Crippen LogP contribution in [0.1, 0.15) is 15.9 Å². The lowest BCUT2D eigenvalue weighted by atomic mass is 10.1. The molecule has 1 amide bonds. The first-order valence-electron chi connectivity index (χ1n) is 6.76. The molecule has 3 rings (SSSR count). The van der Waals surface area contributed by atoms with Gasteiger partial charge in [0.05, 0.1) is 4.47 Å². The minimum absolute atomic E-state index is 0.0714. The van der Waals surface area contributed by atoms with E-state index >= 15 is 0 Å². The minimum atomic E-state index is -0.103. The molecule has 1 heterocycles. The summed E-state index contributed by atoms with van der Waals surface area (Å²) >= 11 is 3.23. The van der Waals surface area contributed by atoms with Crippen molar-refractivity contribution in [2.75, 3.05) is 18.0 Å². The SMILES string of the molecule is O=C(c1ccc(Br)c(O)c1)N1CCNCc2ccccc21. The minimum Gasteiger partial charge on any atom is -0.507 e. The molecule has 0 fully saturated rings. The maximum atomic E-state index is 12.8. The number of anilines is 1. The average Bonchev–Trinajstić information content (AvgIpc) is 2.71. The fraction of sp³-hybridized carbons (Fsp3) is 0.188. The van der Waals surface area contributed by atoms with Crippen molar-refractivity contribution in [1.29, 1.82) is 0 Å². The van der Waals surface area contributed by atoms with E-state index in [0.717, 1.165) is 24.3 Å². The molecule has 0 saturated carbocycles. The van der Waals surface area contributed by atoms with Gasteiger partial charge in [-0.2, -0.15) is 0 Å². The second-order valence-electron chi connectivity index (χ2n) is 4.93. The lowest BCUT2D eigenvalue weighted by Gasteiger charge is -2.22. The number of para-hydroxylation sites is 1. The zero-order valence-electron chi connectivity index (χ0n) is 11.3. The highest BCUT2D eigenvalue weighted by Crippen LogP contribution is 2.28. The first kappa shape index (κ1) is 14.1. The van der Waals surface area contributed by atoms with E-state index in [9.17, 15) is 9.90 Å². The molecule has 4 nitrogen and oxygen atoms in total. The van der Waals surface area contributed by atoms with Crippen LogP contribution in [0.3, 0.4) is 0 Å². The Morgan fingerprint density at radius 1 is 1.24 bits per heavy atom. The molecule has 0 aromatic heterocycles. The third kappa shape index (κ3) is 2.80. The number of phenolic OH excluding ortho intramolecular Hbond substituents is 1. The summed E-state index contributed by atoms with van der Waals surface area (Å²) in [5.74, 6) is -0.0315. The Balaban J connectivity index is 1.99. The number of fused-ring (bicyclic) bond motifs is 1. The van der Waals surface area contributed by atoms with Crippen LogP contribution in [-0.2, 0) is 6.54 Å². The molecule has 0 spiro atoms. The van der Waals surface area contributed by atoms with Gasteiger partial charge in [-0.1, -0.05) is 18.2 Å². The van der Waals surface area contributed by atoms with Crippen molar-refractivity contribution in [2.45, 2.75) is 6.54 Å². The number of rotatable bonds is 1. The third-order valence-corrected chi connectivity index (χ3v) is 4.22. The summed E-state index contributed by atoms with van der Waals surface area (Å²) in [5, 5.41) is 13.1. The van der Waals surface area contributed by atoms with Gasteiger partial charge >= 0.3 is 0 Å². The van der Waals surface area contributed by atoms with Crippen molar-refractivity contribution in [3.8, 4) is 5.75 Å². The van der Waals surface area contributed by atoms with Crippen LogP contribution in [0.5, 0.6) is 5.75 Å². The van der Waals surface area contributed by atoms with Crippen LogP contribution >= 0.6 is 15.9 Å². The Bertz CT molecular complexity index is 688. The van der Waals surface area contributed by atoms with E-state index in [0.29, 0.717) is 16.6 Å². The monoisotopic (exact) mass is 346 g/mol. The van der Waals surface area contributed by atoms with Crippen molar-refractivity contribution >= 4 is 27.5 Å². The van der Waals surface area contributed by atoms with Gasteiger partial charge in [0.2, 0.25) is 0 Å². The quantitative estimate of drug-likeness (QED) is 0.834. The molecule has 2 aromatic carbocycles. The molecule has 2 aromatic rings. The molecule has 0 unspecified atom stereocenters. The predicted molar refractivity (Wildman–Crippen MR) is 85.6 cm³/mol. The summed E-state index contributed by atoms with van der Waals surface area (Å²) in [6.45, 7) is 2.10. The molecular weight excluding hydrogens is 332 g/mol. The van der Waals surface area contributed by atoms with Gasteiger partial charge in [-0.25, -0.2) is 0 Å². The van der Waals surface area contributed by atoms with Crippen molar-refractivity contribution in [3.63, 3.8) is 0 Å². The van der Waals surface area contributed by atoms with E-state index in [4.69, 9.17) is 0 Å². The predicted octanol–water partition coefficient (Wildman–Crippen LogP) is 2.90. The van der Waals surface area contributed by atoms with Gasteiger partial charge in [0.15, 0.2) is 0 Å². The van der Waals surface area contributed by atoms with Gasteiger partial charge in [0, 0.05) is 30.9 Å². The van der Waals surface area contributed by atoms with Crippen molar-refractivity contribution in [1.82, 2.24) is 5.32 Å². The van der Waals surface area contributed by atoms with E-state index in [2.05, 4.69) is 21.2 Å². The second-order valence-corrected chi connectivity index (χ2v) is 5.78. The van der Waals surface area contributed by atoms with Gasteiger partial charge in [-0.3, -0.25) is 4.79 Å². The zero-order chi connectivity index (χ0) is 14.8. The van der Waals surface area contributed by atoms with Gasteiger partial charge in [0.1, 0.15) is 5.75 Å². The Hall–Kier alpha value is -1.85. The molecule has 0 radical (unpaired) electrons. The summed E-state index contributed by atoms with van der Waals surface area (Å²) in [5.41, 5.74) is 2.51. The van der Waals surface area contributed by atoms with E-state index < -0.39 is 0 Å². The Morgan fingerprint density at radius 2 is 2.05 bits per heavy atom. The molecule has 0 saturated heterocycles. The van der Waals surface area contributed by atoms with Crippen LogP contribution in [0.4, 0.5) is 5.69 Å². The molecule has 0 aliphatic carbocycles. The van der Waals surface area contributed by atoms with E-state index in [-0.39, 0.29) is 11.7 Å². The van der Waals surface area contributed by atoms with E-state index in [1.165, 1.54) is 6.07 Å². The fourth-order valence-electron chi connectivity index (χ4n) is 2.47. The standard InChI is InChI=1S/C16H15BrN2O2/c17-13-6-5-11(9-15(13)20)16(21)19-8-7-18-10-12-3-1-2-4-14(12)19/h1-6,9,18,20H,7-8,10H2. The number of phenols is 1. The number of aromatic hydroxyl groups is 1. The normalized spacial score (nSPS) is 14.4. The van der Waals surface area contributed by atoms with Gasteiger partial charge < -0.3 is 15.3 Å². The summed E-state index contributed by atoms with van der Waals surface area (Å²) < 4.78 is 0.581. The summed E-state index contributed by atoms with van der Waals surface area (Å²) in [6, 6.07) is 12.8. The number of carbonyl (C=O) groups excluding carboxylic acids is 1. The Morgan fingerprint density at radius 3 is 2.86 bits per heavy atom. The maximum absolute atomic E-state index is 12.8. The van der Waals surface area contributed by atoms with Crippen LogP contribution in [0.2, 0.25) is 0 Å². The molecule has 0 atom stereocenters. The van der Waals surface area contributed by atoms with Crippen LogP contribution in [0, 0.1) is 0 Å². The molecule has 108 valence electrons. The largest absolute Gasteiger partial charge is 0.507 e. The average molecular weight is 347 g/mol.